The smallest absolute Gasteiger partial charge is 0.169 e. The van der Waals surface area contributed by atoms with Gasteiger partial charge < -0.3 is 9.47 Å². The summed E-state index contributed by atoms with van der Waals surface area (Å²) in [7, 11) is 0. The molecule has 0 aromatic rings. The fourth-order valence-electron chi connectivity index (χ4n) is 3.42. The van der Waals surface area contributed by atoms with Gasteiger partial charge in [0.05, 0.1) is 12.2 Å². The summed E-state index contributed by atoms with van der Waals surface area (Å²) in [4.78, 5) is 0. The fourth-order valence-corrected chi connectivity index (χ4v) is 3.42. The fraction of sp³-hybridized carbons (Fsp3) is 1.00. The van der Waals surface area contributed by atoms with Gasteiger partial charge in [-0.2, -0.15) is 0 Å². The van der Waals surface area contributed by atoms with Gasteiger partial charge in [-0.25, -0.2) is 0 Å². The summed E-state index contributed by atoms with van der Waals surface area (Å²) in [5.74, 6) is -0.286. The Kier molecular flexibility index (Phi) is 6.65. The molecule has 108 valence electrons. The Balaban J connectivity index is 2.81. The average molecular weight is 256 g/mol. The lowest BCUT2D eigenvalue weighted by Gasteiger charge is -2.48. The predicted octanol–water partition coefficient (Wildman–Crippen LogP) is 5.06. The monoisotopic (exact) mass is 256 g/mol. The van der Waals surface area contributed by atoms with Crippen molar-refractivity contribution in [1.82, 2.24) is 0 Å². The minimum absolute atomic E-state index is 0.0894. The van der Waals surface area contributed by atoms with E-state index in [0.29, 0.717) is 0 Å². The molecule has 0 radical (unpaired) electrons. The van der Waals surface area contributed by atoms with Gasteiger partial charge in [-0.3, -0.25) is 0 Å². The van der Waals surface area contributed by atoms with Crippen LogP contribution in [0.15, 0.2) is 0 Å². The molecule has 0 amide bonds. The number of rotatable bonds is 8. The van der Waals surface area contributed by atoms with E-state index in [9.17, 15) is 0 Å². The van der Waals surface area contributed by atoms with Crippen LogP contribution < -0.4 is 0 Å². The van der Waals surface area contributed by atoms with Gasteiger partial charge in [-0.15, -0.1) is 0 Å². The lowest BCUT2D eigenvalue weighted by Crippen LogP contribution is -2.51. The molecule has 18 heavy (non-hydrogen) atoms. The molecule has 0 saturated carbocycles. The Morgan fingerprint density at radius 2 is 1.28 bits per heavy atom. The molecular weight excluding hydrogens is 224 g/mol. The molecule has 2 heteroatoms. The van der Waals surface area contributed by atoms with E-state index in [0.717, 1.165) is 38.7 Å². The first-order valence-corrected chi connectivity index (χ1v) is 8.00. The molecule has 0 bridgehead atoms. The van der Waals surface area contributed by atoms with Crippen LogP contribution in [0.25, 0.3) is 0 Å². The van der Waals surface area contributed by atoms with Crippen molar-refractivity contribution in [2.45, 2.75) is 96.9 Å². The van der Waals surface area contributed by atoms with E-state index in [1.54, 1.807) is 0 Å². The van der Waals surface area contributed by atoms with Crippen molar-refractivity contribution in [1.29, 1.82) is 0 Å². The highest BCUT2D eigenvalue weighted by atomic mass is 16.7. The van der Waals surface area contributed by atoms with Gasteiger partial charge in [0.15, 0.2) is 5.79 Å². The molecule has 1 rings (SSSR count). The molecular formula is C16H32O2. The third-order valence-electron chi connectivity index (χ3n) is 4.00. The van der Waals surface area contributed by atoms with Crippen molar-refractivity contribution in [2.75, 3.05) is 6.61 Å². The van der Waals surface area contributed by atoms with E-state index in [1.807, 2.05) is 0 Å². The Morgan fingerprint density at radius 1 is 0.778 bits per heavy atom. The van der Waals surface area contributed by atoms with Crippen LogP contribution in [0.1, 0.15) is 85.5 Å². The van der Waals surface area contributed by atoms with Gasteiger partial charge in [-0.05, 0) is 12.8 Å². The van der Waals surface area contributed by atoms with Crippen molar-refractivity contribution >= 4 is 0 Å². The lowest BCUT2D eigenvalue weighted by molar-refractivity contribution is -0.336. The third kappa shape index (κ3) is 3.96. The van der Waals surface area contributed by atoms with E-state index in [1.165, 1.54) is 25.7 Å². The van der Waals surface area contributed by atoms with E-state index in [2.05, 4.69) is 27.7 Å². The van der Waals surface area contributed by atoms with Gasteiger partial charge in [0.2, 0.25) is 0 Å². The maximum atomic E-state index is 6.60. The van der Waals surface area contributed by atoms with Crippen molar-refractivity contribution in [3.8, 4) is 0 Å². The molecule has 1 saturated heterocycles. The largest absolute Gasteiger partial charge is 0.350 e. The first kappa shape index (κ1) is 16.0. The Labute approximate surface area is 113 Å². The van der Waals surface area contributed by atoms with Gasteiger partial charge in [0.1, 0.15) is 0 Å². The van der Waals surface area contributed by atoms with Crippen LogP contribution in [0.5, 0.6) is 0 Å². The van der Waals surface area contributed by atoms with Crippen molar-refractivity contribution in [3.63, 3.8) is 0 Å². The van der Waals surface area contributed by atoms with Crippen LogP contribution in [-0.2, 0) is 9.47 Å². The van der Waals surface area contributed by atoms with Crippen LogP contribution in [0.2, 0.25) is 0 Å². The summed E-state index contributed by atoms with van der Waals surface area (Å²) in [6.07, 6.45) is 10.2. The van der Waals surface area contributed by atoms with E-state index >= 15 is 0 Å². The molecule has 1 fully saturated rings. The van der Waals surface area contributed by atoms with Crippen LogP contribution in [0, 0.1) is 0 Å². The summed E-state index contributed by atoms with van der Waals surface area (Å²) in [6.45, 7) is 9.84. The quantitative estimate of drug-likeness (QED) is 0.604. The second-order valence-corrected chi connectivity index (χ2v) is 5.79. The number of ether oxygens (including phenoxy) is 2. The number of hydrogen-bond acceptors (Lipinski definition) is 2. The molecule has 0 atom stereocenters. The maximum absolute atomic E-state index is 6.60. The summed E-state index contributed by atoms with van der Waals surface area (Å²) in [5.41, 5.74) is 0.0894. The van der Waals surface area contributed by atoms with Gasteiger partial charge in [0, 0.05) is 19.3 Å². The molecule has 2 nitrogen and oxygen atoms in total. The molecule has 1 heterocycles. The third-order valence-corrected chi connectivity index (χ3v) is 4.00. The average Bonchev–Trinajstić information content (AvgIpc) is 2.30. The van der Waals surface area contributed by atoms with Crippen LogP contribution in [-0.4, -0.2) is 18.0 Å². The number of hydrogen-bond donors (Lipinski definition) is 0. The van der Waals surface area contributed by atoms with E-state index in [-0.39, 0.29) is 11.4 Å². The molecule has 0 aromatic carbocycles. The highest BCUT2D eigenvalue weighted by Gasteiger charge is 2.44. The Hall–Kier alpha value is -0.0800. The highest BCUT2D eigenvalue weighted by Crippen LogP contribution is 2.41. The lowest BCUT2D eigenvalue weighted by atomic mass is 9.86. The standard InChI is InChI=1S/C16H32O2/c1-5-9-15(10-6-2)13-14-17-16(18-15,11-7-3)12-8-4/h5-14H2,1-4H3. The second-order valence-electron chi connectivity index (χ2n) is 5.79. The molecule has 0 unspecified atom stereocenters. The summed E-state index contributed by atoms with van der Waals surface area (Å²) in [5, 5.41) is 0. The normalized spacial score (nSPS) is 22.0. The van der Waals surface area contributed by atoms with Gasteiger partial charge in [0.25, 0.3) is 0 Å². The van der Waals surface area contributed by atoms with Crippen LogP contribution in [0.4, 0.5) is 0 Å². The zero-order chi connectivity index (χ0) is 13.5. The van der Waals surface area contributed by atoms with Gasteiger partial charge >= 0.3 is 0 Å². The molecule has 0 aromatic heterocycles. The van der Waals surface area contributed by atoms with E-state index < -0.39 is 0 Å². The van der Waals surface area contributed by atoms with Crippen LogP contribution in [0.3, 0.4) is 0 Å². The minimum atomic E-state index is -0.286. The summed E-state index contributed by atoms with van der Waals surface area (Å²) in [6, 6.07) is 0. The molecule has 1 aliphatic heterocycles. The van der Waals surface area contributed by atoms with E-state index in [4.69, 9.17) is 9.47 Å². The first-order valence-electron chi connectivity index (χ1n) is 8.00. The predicted molar refractivity (Wildman–Crippen MR) is 76.7 cm³/mol. The molecule has 0 spiro atoms. The molecule has 1 aliphatic rings. The Bertz CT molecular complexity index is 180. The zero-order valence-electron chi connectivity index (χ0n) is 12.9. The molecule has 0 N–H and O–H groups in total. The highest BCUT2D eigenvalue weighted by molar-refractivity contribution is 4.88. The topological polar surface area (TPSA) is 18.5 Å². The maximum Gasteiger partial charge on any atom is 0.169 e. The first-order chi connectivity index (χ1) is 8.66. The summed E-state index contributed by atoms with van der Waals surface area (Å²) < 4.78 is 12.7. The SMILES string of the molecule is CCCC1(CCC)CCOC(CCC)(CCC)O1. The van der Waals surface area contributed by atoms with Crippen molar-refractivity contribution in [2.24, 2.45) is 0 Å². The summed E-state index contributed by atoms with van der Waals surface area (Å²) >= 11 is 0. The van der Waals surface area contributed by atoms with Crippen molar-refractivity contribution < 1.29 is 9.47 Å². The van der Waals surface area contributed by atoms with Crippen LogP contribution >= 0.6 is 0 Å². The minimum Gasteiger partial charge on any atom is -0.350 e. The Morgan fingerprint density at radius 3 is 1.72 bits per heavy atom. The zero-order valence-corrected chi connectivity index (χ0v) is 12.9. The molecule has 0 aliphatic carbocycles. The van der Waals surface area contributed by atoms with Crippen molar-refractivity contribution in [3.05, 3.63) is 0 Å². The second kappa shape index (κ2) is 7.49. The van der Waals surface area contributed by atoms with Gasteiger partial charge in [-0.1, -0.05) is 53.4 Å².